The molecule has 0 amide bonds. The normalized spacial score (nSPS) is 12.3. The minimum Gasteiger partial charge on any atom is -0.327 e. The molecule has 32 heavy (non-hydrogen) atoms. The third-order valence-electron chi connectivity index (χ3n) is 6.54. The SMILES string of the molecule is C=C(CCC)CCCCCCc1ccccc1Cn1ccnc1-c1ccc2c(c1)C=CC2. The molecule has 4 rings (SSSR count). The van der Waals surface area contributed by atoms with Gasteiger partial charge in [-0.15, -0.1) is 0 Å². The molecule has 2 nitrogen and oxygen atoms in total. The molecule has 0 atom stereocenters. The average Bonchev–Trinajstić information content (AvgIpc) is 3.46. The van der Waals surface area contributed by atoms with Crippen molar-refractivity contribution >= 4 is 6.08 Å². The first kappa shape index (κ1) is 22.3. The van der Waals surface area contributed by atoms with Crippen molar-refractivity contribution in [3.8, 4) is 11.4 Å². The van der Waals surface area contributed by atoms with Crippen LogP contribution < -0.4 is 0 Å². The Bertz CT molecular complexity index is 1070. The van der Waals surface area contributed by atoms with Crippen LogP contribution in [-0.4, -0.2) is 9.55 Å². The fraction of sp³-hybridized carbons (Fsp3) is 0.367. The highest BCUT2D eigenvalue weighted by Crippen LogP contribution is 2.27. The molecule has 1 aliphatic rings. The fourth-order valence-electron chi connectivity index (χ4n) is 4.75. The van der Waals surface area contributed by atoms with Crippen LogP contribution in [-0.2, 0) is 19.4 Å². The number of aromatic nitrogens is 2. The highest BCUT2D eigenvalue weighted by Gasteiger charge is 2.12. The summed E-state index contributed by atoms with van der Waals surface area (Å²) in [6.45, 7) is 7.30. The van der Waals surface area contributed by atoms with E-state index in [1.54, 1.807) is 0 Å². The van der Waals surface area contributed by atoms with E-state index in [9.17, 15) is 0 Å². The summed E-state index contributed by atoms with van der Waals surface area (Å²) in [5, 5.41) is 0. The molecule has 0 saturated carbocycles. The van der Waals surface area contributed by atoms with E-state index in [4.69, 9.17) is 4.98 Å². The second kappa shape index (κ2) is 11.1. The lowest BCUT2D eigenvalue weighted by molar-refractivity contribution is 0.628. The van der Waals surface area contributed by atoms with Gasteiger partial charge < -0.3 is 4.57 Å². The van der Waals surface area contributed by atoms with Gasteiger partial charge >= 0.3 is 0 Å². The van der Waals surface area contributed by atoms with E-state index in [-0.39, 0.29) is 0 Å². The Morgan fingerprint density at radius 3 is 2.72 bits per heavy atom. The minimum absolute atomic E-state index is 0.870. The predicted octanol–water partition coefficient (Wildman–Crippen LogP) is 8.02. The maximum Gasteiger partial charge on any atom is 0.140 e. The summed E-state index contributed by atoms with van der Waals surface area (Å²) in [6, 6.07) is 15.7. The predicted molar refractivity (Wildman–Crippen MR) is 137 cm³/mol. The lowest BCUT2D eigenvalue weighted by Gasteiger charge is -2.13. The van der Waals surface area contributed by atoms with Crippen LogP contribution in [0.3, 0.4) is 0 Å². The second-order valence-electron chi connectivity index (χ2n) is 9.08. The van der Waals surface area contributed by atoms with Gasteiger partial charge in [-0.2, -0.15) is 0 Å². The highest BCUT2D eigenvalue weighted by molar-refractivity contribution is 5.68. The van der Waals surface area contributed by atoms with E-state index in [0.29, 0.717) is 0 Å². The number of hydrogen-bond donors (Lipinski definition) is 0. The molecular weight excluding hydrogens is 388 g/mol. The molecule has 1 aliphatic carbocycles. The van der Waals surface area contributed by atoms with Crippen LogP contribution in [0.1, 0.15) is 74.1 Å². The number of imidazole rings is 1. The van der Waals surface area contributed by atoms with Crippen molar-refractivity contribution in [1.82, 2.24) is 9.55 Å². The maximum absolute atomic E-state index is 4.69. The Morgan fingerprint density at radius 2 is 1.84 bits per heavy atom. The molecule has 2 aromatic carbocycles. The molecule has 0 bridgehead atoms. The Balaban J connectivity index is 1.36. The molecule has 0 spiro atoms. The lowest BCUT2D eigenvalue weighted by Crippen LogP contribution is -2.04. The Hall–Kier alpha value is -2.87. The first-order valence-electron chi connectivity index (χ1n) is 12.3. The molecule has 0 N–H and O–H groups in total. The quantitative estimate of drug-likeness (QED) is 0.213. The summed E-state index contributed by atoms with van der Waals surface area (Å²) in [6.07, 6.45) is 19.4. The van der Waals surface area contributed by atoms with E-state index < -0.39 is 0 Å². The van der Waals surface area contributed by atoms with Gasteiger partial charge in [-0.3, -0.25) is 0 Å². The van der Waals surface area contributed by atoms with Gasteiger partial charge in [-0.1, -0.05) is 86.9 Å². The number of allylic oxidation sites excluding steroid dienone is 2. The number of rotatable bonds is 12. The topological polar surface area (TPSA) is 17.8 Å². The van der Waals surface area contributed by atoms with Crippen LogP contribution in [0, 0.1) is 0 Å². The molecule has 2 heteroatoms. The summed E-state index contributed by atoms with van der Waals surface area (Å²) in [5.74, 6) is 1.05. The summed E-state index contributed by atoms with van der Waals surface area (Å²) < 4.78 is 2.29. The van der Waals surface area contributed by atoms with E-state index in [1.165, 1.54) is 78.3 Å². The van der Waals surface area contributed by atoms with Gasteiger partial charge in [0.15, 0.2) is 0 Å². The largest absolute Gasteiger partial charge is 0.327 e. The third kappa shape index (κ3) is 5.68. The van der Waals surface area contributed by atoms with Crippen LogP contribution in [0.25, 0.3) is 17.5 Å². The zero-order valence-corrected chi connectivity index (χ0v) is 19.5. The minimum atomic E-state index is 0.870. The van der Waals surface area contributed by atoms with Gasteiger partial charge in [-0.05, 0) is 66.8 Å². The van der Waals surface area contributed by atoms with Crippen molar-refractivity contribution in [2.45, 2.75) is 71.3 Å². The number of fused-ring (bicyclic) bond motifs is 1. The van der Waals surface area contributed by atoms with Crippen LogP contribution >= 0.6 is 0 Å². The van der Waals surface area contributed by atoms with E-state index in [2.05, 4.69) is 78.9 Å². The summed E-state index contributed by atoms with van der Waals surface area (Å²) in [4.78, 5) is 4.69. The first-order chi connectivity index (χ1) is 15.7. The molecule has 166 valence electrons. The fourth-order valence-corrected chi connectivity index (χ4v) is 4.75. The Labute approximate surface area is 193 Å². The lowest BCUT2D eigenvalue weighted by atomic mass is 9.99. The van der Waals surface area contributed by atoms with Crippen LogP contribution in [0.4, 0.5) is 0 Å². The highest BCUT2D eigenvalue weighted by atomic mass is 15.1. The van der Waals surface area contributed by atoms with Crippen molar-refractivity contribution in [2.75, 3.05) is 0 Å². The molecule has 0 radical (unpaired) electrons. The molecule has 0 aliphatic heterocycles. The Morgan fingerprint density at radius 1 is 1.00 bits per heavy atom. The number of hydrogen-bond acceptors (Lipinski definition) is 1. The zero-order chi connectivity index (χ0) is 22.2. The molecule has 1 aromatic heterocycles. The zero-order valence-electron chi connectivity index (χ0n) is 19.5. The number of nitrogens with zero attached hydrogens (tertiary/aromatic N) is 2. The molecule has 0 fully saturated rings. The molecular formula is C30H36N2. The van der Waals surface area contributed by atoms with Crippen LogP contribution in [0.2, 0.25) is 0 Å². The van der Waals surface area contributed by atoms with Crippen LogP contribution in [0.15, 0.2) is 73.1 Å². The monoisotopic (exact) mass is 424 g/mol. The molecule has 1 heterocycles. The average molecular weight is 425 g/mol. The van der Waals surface area contributed by atoms with E-state index in [0.717, 1.165) is 25.2 Å². The van der Waals surface area contributed by atoms with E-state index in [1.807, 2.05) is 6.20 Å². The first-order valence-corrected chi connectivity index (χ1v) is 12.3. The van der Waals surface area contributed by atoms with Gasteiger partial charge in [0, 0.05) is 24.5 Å². The van der Waals surface area contributed by atoms with Crippen molar-refractivity contribution in [3.63, 3.8) is 0 Å². The summed E-state index contributed by atoms with van der Waals surface area (Å²) in [5.41, 5.74) is 8.24. The smallest absolute Gasteiger partial charge is 0.140 e. The van der Waals surface area contributed by atoms with Gasteiger partial charge in [-0.25, -0.2) is 4.98 Å². The molecule has 3 aromatic rings. The number of benzene rings is 2. The third-order valence-corrected chi connectivity index (χ3v) is 6.54. The summed E-state index contributed by atoms with van der Waals surface area (Å²) >= 11 is 0. The second-order valence-corrected chi connectivity index (χ2v) is 9.08. The number of aryl methyl sites for hydroxylation is 1. The van der Waals surface area contributed by atoms with Gasteiger partial charge in [0.1, 0.15) is 5.82 Å². The van der Waals surface area contributed by atoms with Crippen molar-refractivity contribution < 1.29 is 0 Å². The van der Waals surface area contributed by atoms with Crippen LogP contribution in [0.5, 0.6) is 0 Å². The molecule has 0 saturated heterocycles. The standard InChI is InChI=1S/C30H36N2/c1-3-11-24(2)12-6-4-5-7-13-25-14-8-9-15-29(25)23-32-21-20-31-30(32)28-19-18-26-16-10-17-27(26)22-28/h8-10,14-15,17-22H,2-7,11-13,16,23H2,1H3. The van der Waals surface area contributed by atoms with Gasteiger partial charge in [0.05, 0.1) is 0 Å². The van der Waals surface area contributed by atoms with Gasteiger partial charge in [0.25, 0.3) is 0 Å². The molecule has 0 unspecified atom stereocenters. The Kier molecular flexibility index (Phi) is 7.77. The van der Waals surface area contributed by atoms with Crippen molar-refractivity contribution in [2.24, 2.45) is 0 Å². The van der Waals surface area contributed by atoms with Gasteiger partial charge in [0.2, 0.25) is 0 Å². The van der Waals surface area contributed by atoms with Crippen molar-refractivity contribution in [3.05, 3.63) is 95.3 Å². The number of unbranched alkanes of at least 4 members (excludes halogenated alkanes) is 3. The summed E-state index contributed by atoms with van der Waals surface area (Å²) in [7, 11) is 0. The van der Waals surface area contributed by atoms with E-state index >= 15 is 0 Å². The van der Waals surface area contributed by atoms with Crippen molar-refractivity contribution in [1.29, 1.82) is 0 Å². The maximum atomic E-state index is 4.69.